The molecule has 18 heavy (non-hydrogen) atoms. The highest BCUT2D eigenvalue weighted by Crippen LogP contribution is 2.03. The van der Waals surface area contributed by atoms with E-state index in [4.69, 9.17) is 10.8 Å². The summed E-state index contributed by atoms with van der Waals surface area (Å²) in [6.45, 7) is 0.669. The topological polar surface area (TPSA) is 125 Å². The number of urea groups is 1. The van der Waals surface area contributed by atoms with Crippen LogP contribution < -0.4 is 16.4 Å². The van der Waals surface area contributed by atoms with Crippen molar-refractivity contribution in [3.05, 3.63) is 0 Å². The van der Waals surface area contributed by atoms with Crippen LogP contribution >= 0.6 is 0 Å². The first-order valence-electron chi connectivity index (χ1n) is 5.75. The minimum absolute atomic E-state index is 0.00271. The van der Waals surface area contributed by atoms with Crippen LogP contribution in [0.5, 0.6) is 0 Å². The minimum Gasteiger partial charge on any atom is -0.480 e. The van der Waals surface area contributed by atoms with Gasteiger partial charge >= 0.3 is 12.0 Å². The molecule has 0 atom stereocenters. The van der Waals surface area contributed by atoms with Gasteiger partial charge in [0.15, 0.2) is 0 Å². The second-order valence-corrected chi connectivity index (χ2v) is 4.19. The van der Waals surface area contributed by atoms with E-state index in [-0.39, 0.29) is 6.04 Å². The molecule has 1 heterocycles. The van der Waals surface area contributed by atoms with Crippen LogP contribution in [0.25, 0.3) is 0 Å². The summed E-state index contributed by atoms with van der Waals surface area (Å²) in [6.07, 6.45) is 1.56. The lowest BCUT2D eigenvalue weighted by Gasteiger charge is -2.27. The molecule has 0 aromatic rings. The van der Waals surface area contributed by atoms with Crippen molar-refractivity contribution >= 4 is 17.9 Å². The number of aliphatic carboxylic acids is 1. The number of primary amides is 1. The minimum atomic E-state index is -1.18. The molecule has 0 aromatic heterocycles. The Morgan fingerprint density at radius 3 is 2.39 bits per heavy atom. The summed E-state index contributed by atoms with van der Waals surface area (Å²) in [5, 5.41) is 14.5. The largest absolute Gasteiger partial charge is 0.480 e. The first kappa shape index (κ1) is 14.2. The molecule has 0 radical (unpaired) electrons. The summed E-state index contributed by atoms with van der Waals surface area (Å²) >= 11 is 0. The predicted octanol–water partition coefficient (Wildman–Crippen LogP) is -1.68. The third kappa shape index (κ3) is 5.00. The number of nitrogens with zero attached hydrogens (tertiary/aromatic N) is 1. The molecule has 0 aliphatic carbocycles. The number of hydrogen-bond acceptors (Lipinski definition) is 4. The predicted molar refractivity (Wildman–Crippen MR) is 62.8 cm³/mol. The average molecular weight is 258 g/mol. The lowest BCUT2D eigenvalue weighted by molar-refractivity contribution is -0.137. The zero-order valence-corrected chi connectivity index (χ0v) is 10.0. The SMILES string of the molecule is NC(=O)CN(CC(=O)O)C(=O)NC1CCNCC1. The molecular weight excluding hydrogens is 240 g/mol. The standard InChI is InChI=1S/C10H18N4O4/c11-8(15)5-14(6-9(16)17)10(18)13-7-1-3-12-4-2-7/h7,12H,1-6H2,(H2,11,15)(H,13,18)(H,16,17). The van der Waals surface area contributed by atoms with Gasteiger partial charge in [0.05, 0.1) is 0 Å². The monoisotopic (exact) mass is 258 g/mol. The first-order valence-corrected chi connectivity index (χ1v) is 5.75. The lowest BCUT2D eigenvalue weighted by atomic mass is 10.1. The molecular formula is C10H18N4O4. The van der Waals surface area contributed by atoms with E-state index in [1.807, 2.05) is 0 Å². The molecule has 8 nitrogen and oxygen atoms in total. The maximum Gasteiger partial charge on any atom is 0.323 e. The fraction of sp³-hybridized carbons (Fsp3) is 0.700. The van der Waals surface area contributed by atoms with E-state index < -0.39 is 31.0 Å². The number of carbonyl (C=O) groups is 3. The highest BCUT2D eigenvalue weighted by Gasteiger charge is 2.22. The average Bonchev–Trinajstić information content (AvgIpc) is 2.28. The number of carboxylic acids is 1. The Morgan fingerprint density at radius 2 is 1.89 bits per heavy atom. The molecule has 0 saturated carbocycles. The number of amides is 3. The molecule has 8 heteroatoms. The Kier molecular flexibility index (Phi) is 5.37. The van der Waals surface area contributed by atoms with E-state index in [1.54, 1.807) is 0 Å². The van der Waals surface area contributed by atoms with Gasteiger partial charge in [-0.2, -0.15) is 0 Å². The molecule has 0 bridgehead atoms. The quantitative estimate of drug-likeness (QED) is 0.469. The molecule has 102 valence electrons. The van der Waals surface area contributed by atoms with Gasteiger partial charge in [-0.05, 0) is 25.9 Å². The van der Waals surface area contributed by atoms with Crippen LogP contribution in [-0.4, -0.2) is 60.1 Å². The van der Waals surface area contributed by atoms with Crippen molar-refractivity contribution in [3.63, 3.8) is 0 Å². The normalized spacial score (nSPS) is 16.0. The van der Waals surface area contributed by atoms with Crippen LogP contribution in [0, 0.1) is 0 Å². The Hall–Kier alpha value is -1.83. The van der Waals surface area contributed by atoms with E-state index in [2.05, 4.69) is 10.6 Å². The van der Waals surface area contributed by atoms with E-state index >= 15 is 0 Å². The first-order chi connectivity index (χ1) is 8.49. The zero-order chi connectivity index (χ0) is 13.5. The molecule has 0 aromatic carbocycles. The maximum absolute atomic E-state index is 11.8. The van der Waals surface area contributed by atoms with Crippen molar-refractivity contribution in [2.45, 2.75) is 18.9 Å². The third-order valence-corrected chi connectivity index (χ3v) is 2.63. The fourth-order valence-electron chi connectivity index (χ4n) is 1.78. The van der Waals surface area contributed by atoms with E-state index in [0.717, 1.165) is 30.8 Å². The Morgan fingerprint density at radius 1 is 1.28 bits per heavy atom. The van der Waals surface area contributed by atoms with Gasteiger partial charge in [-0.25, -0.2) is 4.79 Å². The number of piperidine rings is 1. The molecule has 0 spiro atoms. The number of rotatable bonds is 5. The maximum atomic E-state index is 11.8. The number of nitrogens with two attached hydrogens (primary N) is 1. The molecule has 5 N–H and O–H groups in total. The highest BCUT2D eigenvalue weighted by molar-refractivity contribution is 5.86. The summed E-state index contributed by atoms with van der Waals surface area (Å²) in [5.41, 5.74) is 4.98. The summed E-state index contributed by atoms with van der Waals surface area (Å²) in [5.74, 6) is -1.92. The fourth-order valence-corrected chi connectivity index (χ4v) is 1.78. The second-order valence-electron chi connectivity index (χ2n) is 4.19. The van der Waals surface area contributed by atoms with E-state index in [0.29, 0.717) is 0 Å². The van der Waals surface area contributed by atoms with Crippen molar-refractivity contribution in [1.29, 1.82) is 0 Å². The summed E-state index contributed by atoms with van der Waals surface area (Å²) < 4.78 is 0. The van der Waals surface area contributed by atoms with Gasteiger partial charge in [-0.3, -0.25) is 9.59 Å². The van der Waals surface area contributed by atoms with Gasteiger partial charge in [-0.15, -0.1) is 0 Å². The van der Waals surface area contributed by atoms with E-state index in [9.17, 15) is 14.4 Å². The molecule has 1 rings (SSSR count). The van der Waals surface area contributed by atoms with E-state index in [1.165, 1.54) is 0 Å². The molecule has 1 aliphatic rings. The van der Waals surface area contributed by atoms with Crippen LogP contribution in [-0.2, 0) is 9.59 Å². The van der Waals surface area contributed by atoms with Crippen molar-refractivity contribution in [2.75, 3.05) is 26.2 Å². The van der Waals surface area contributed by atoms with Gasteiger partial charge in [0.2, 0.25) is 5.91 Å². The Labute approximate surface area is 104 Å². The van der Waals surface area contributed by atoms with Crippen LogP contribution in [0.2, 0.25) is 0 Å². The van der Waals surface area contributed by atoms with Crippen molar-refractivity contribution < 1.29 is 19.5 Å². The number of hydrogen-bond donors (Lipinski definition) is 4. The Bertz CT molecular complexity index is 312. The van der Waals surface area contributed by atoms with Crippen molar-refractivity contribution in [2.24, 2.45) is 5.73 Å². The second kappa shape index (κ2) is 6.80. The molecule has 1 aliphatic heterocycles. The summed E-state index contributed by atoms with van der Waals surface area (Å²) in [7, 11) is 0. The smallest absolute Gasteiger partial charge is 0.323 e. The zero-order valence-electron chi connectivity index (χ0n) is 10.0. The van der Waals surface area contributed by atoms with Gasteiger partial charge < -0.3 is 26.4 Å². The van der Waals surface area contributed by atoms with Gasteiger partial charge in [0, 0.05) is 6.04 Å². The van der Waals surface area contributed by atoms with Gasteiger partial charge in [-0.1, -0.05) is 0 Å². The number of carboxylic acid groups (broad SMARTS) is 1. The van der Waals surface area contributed by atoms with Crippen LogP contribution in [0.4, 0.5) is 4.79 Å². The van der Waals surface area contributed by atoms with Crippen LogP contribution in [0.1, 0.15) is 12.8 Å². The van der Waals surface area contributed by atoms with Crippen molar-refractivity contribution in [3.8, 4) is 0 Å². The lowest BCUT2D eigenvalue weighted by Crippen LogP contribution is -2.51. The molecule has 1 fully saturated rings. The number of carbonyl (C=O) groups excluding carboxylic acids is 2. The molecule has 1 saturated heterocycles. The third-order valence-electron chi connectivity index (χ3n) is 2.63. The van der Waals surface area contributed by atoms with Gasteiger partial charge in [0.25, 0.3) is 0 Å². The van der Waals surface area contributed by atoms with Gasteiger partial charge in [0.1, 0.15) is 13.1 Å². The summed E-state index contributed by atoms with van der Waals surface area (Å²) in [6, 6.07) is -0.564. The molecule has 3 amide bonds. The molecule has 0 unspecified atom stereocenters. The Balaban J connectivity index is 2.51. The van der Waals surface area contributed by atoms with Crippen LogP contribution in [0.15, 0.2) is 0 Å². The number of nitrogens with one attached hydrogen (secondary N) is 2. The van der Waals surface area contributed by atoms with Crippen molar-refractivity contribution in [1.82, 2.24) is 15.5 Å². The highest BCUT2D eigenvalue weighted by atomic mass is 16.4. The summed E-state index contributed by atoms with van der Waals surface area (Å²) in [4.78, 5) is 34.1. The van der Waals surface area contributed by atoms with Crippen LogP contribution in [0.3, 0.4) is 0 Å².